The number of amides is 1. The molecule has 2 N–H and O–H groups in total. The van der Waals surface area contributed by atoms with Gasteiger partial charge in [-0.15, -0.1) is 0 Å². The Balaban J connectivity index is 1.24. The summed E-state index contributed by atoms with van der Waals surface area (Å²) >= 11 is 1.33. The van der Waals surface area contributed by atoms with Gasteiger partial charge in [-0.25, -0.2) is 4.39 Å². The molecule has 1 saturated heterocycles. The summed E-state index contributed by atoms with van der Waals surface area (Å²) in [6.07, 6.45) is 8.13. The van der Waals surface area contributed by atoms with Crippen LogP contribution < -0.4 is 10.1 Å². The lowest BCUT2D eigenvalue weighted by molar-refractivity contribution is 0.0956. The predicted octanol–water partition coefficient (Wildman–Crippen LogP) is 5.25. The fourth-order valence-electron chi connectivity index (χ4n) is 4.31. The zero-order chi connectivity index (χ0) is 25.6. The SMILES string of the molecule is CNC(=O)c1c(F)cccc1Sc1ccc2c(/C=C/c3ccc(OCCN4CCCC4)cn3)n[nH]c2c1. The Bertz CT molecular complexity index is 1410. The molecular formula is C28H28FN5O2S. The first-order chi connectivity index (χ1) is 18.1. The topological polar surface area (TPSA) is 83.1 Å². The molecule has 1 fully saturated rings. The zero-order valence-corrected chi connectivity index (χ0v) is 21.4. The highest BCUT2D eigenvalue weighted by molar-refractivity contribution is 7.99. The molecule has 37 heavy (non-hydrogen) atoms. The summed E-state index contributed by atoms with van der Waals surface area (Å²) in [5.74, 6) is -0.231. The Hall–Kier alpha value is -3.69. The highest BCUT2D eigenvalue weighted by Crippen LogP contribution is 2.33. The molecule has 0 aliphatic carbocycles. The fourth-order valence-corrected chi connectivity index (χ4v) is 5.32. The molecule has 0 spiro atoms. The zero-order valence-electron chi connectivity index (χ0n) is 20.5. The Labute approximate surface area is 219 Å². The Morgan fingerprint density at radius 2 is 2.05 bits per heavy atom. The van der Waals surface area contributed by atoms with Gasteiger partial charge >= 0.3 is 0 Å². The van der Waals surface area contributed by atoms with Gasteiger partial charge in [0, 0.05) is 28.8 Å². The van der Waals surface area contributed by atoms with Crippen molar-refractivity contribution in [2.24, 2.45) is 0 Å². The normalized spacial score (nSPS) is 14.0. The number of fused-ring (bicyclic) bond motifs is 1. The molecule has 190 valence electrons. The third-order valence-corrected chi connectivity index (χ3v) is 7.32. The largest absolute Gasteiger partial charge is 0.491 e. The van der Waals surface area contributed by atoms with Crippen molar-refractivity contribution < 1.29 is 13.9 Å². The summed E-state index contributed by atoms with van der Waals surface area (Å²) in [6, 6.07) is 14.3. The number of aromatic amines is 1. The number of hydrogen-bond donors (Lipinski definition) is 2. The van der Waals surface area contributed by atoms with Crippen molar-refractivity contribution in [3.05, 3.63) is 77.5 Å². The predicted molar refractivity (Wildman–Crippen MR) is 144 cm³/mol. The Morgan fingerprint density at radius 1 is 1.19 bits per heavy atom. The molecule has 0 saturated carbocycles. The van der Waals surface area contributed by atoms with Crippen molar-refractivity contribution in [2.75, 3.05) is 33.3 Å². The van der Waals surface area contributed by atoms with E-state index in [0.29, 0.717) is 11.5 Å². The van der Waals surface area contributed by atoms with E-state index in [4.69, 9.17) is 4.74 Å². The molecule has 1 aliphatic heterocycles. The number of halogens is 1. The number of hydrogen-bond acceptors (Lipinski definition) is 6. The molecule has 4 aromatic rings. The van der Waals surface area contributed by atoms with Gasteiger partial charge in [-0.05, 0) is 80.5 Å². The third kappa shape index (κ3) is 6.00. The van der Waals surface area contributed by atoms with Crippen LogP contribution in [0.5, 0.6) is 5.75 Å². The van der Waals surface area contributed by atoms with Crippen LogP contribution in [0.15, 0.2) is 64.5 Å². The minimum atomic E-state index is -0.547. The van der Waals surface area contributed by atoms with Crippen LogP contribution in [-0.2, 0) is 0 Å². The van der Waals surface area contributed by atoms with Crippen LogP contribution in [0, 0.1) is 5.82 Å². The van der Waals surface area contributed by atoms with Gasteiger partial charge in [0.05, 0.1) is 28.7 Å². The highest BCUT2D eigenvalue weighted by Gasteiger charge is 2.17. The average molecular weight is 518 g/mol. The first kappa shape index (κ1) is 25.0. The first-order valence-electron chi connectivity index (χ1n) is 12.3. The number of carbonyl (C=O) groups is 1. The number of rotatable bonds is 9. The summed E-state index contributed by atoms with van der Waals surface area (Å²) in [4.78, 5) is 20.5. The monoisotopic (exact) mass is 517 g/mol. The van der Waals surface area contributed by atoms with Crippen LogP contribution in [0.25, 0.3) is 23.1 Å². The molecule has 9 heteroatoms. The second kappa shape index (κ2) is 11.6. The molecular weight excluding hydrogens is 489 g/mol. The molecule has 0 unspecified atom stereocenters. The Morgan fingerprint density at radius 3 is 2.84 bits per heavy atom. The lowest BCUT2D eigenvalue weighted by atomic mass is 10.2. The van der Waals surface area contributed by atoms with E-state index in [1.54, 1.807) is 18.3 Å². The molecule has 1 amide bonds. The van der Waals surface area contributed by atoms with Crippen LogP contribution in [-0.4, -0.2) is 59.3 Å². The van der Waals surface area contributed by atoms with Crippen molar-refractivity contribution in [2.45, 2.75) is 22.6 Å². The molecule has 1 aliphatic rings. The van der Waals surface area contributed by atoms with Crippen molar-refractivity contribution in [3.63, 3.8) is 0 Å². The van der Waals surface area contributed by atoms with Gasteiger partial charge in [0.15, 0.2) is 0 Å². The highest BCUT2D eigenvalue weighted by atomic mass is 32.2. The van der Waals surface area contributed by atoms with Crippen molar-refractivity contribution in [3.8, 4) is 5.75 Å². The molecule has 3 heterocycles. The van der Waals surface area contributed by atoms with E-state index >= 15 is 0 Å². The standard InChI is InChI=1S/C28H28FN5O2S/c1-30-28(35)27-23(29)5-4-6-26(27)37-21-10-11-22-24(32-33-25(22)17-21)12-8-19-7-9-20(18-31-19)36-16-15-34-13-2-3-14-34/h4-12,17-18H,2-3,13-16H2,1H3,(H,30,35)(H,32,33)/b12-8+. The number of nitrogens with one attached hydrogen (secondary N) is 2. The summed E-state index contributed by atoms with van der Waals surface area (Å²) in [6.45, 7) is 3.95. The molecule has 2 aromatic carbocycles. The summed E-state index contributed by atoms with van der Waals surface area (Å²) in [5.41, 5.74) is 2.48. The quantitative estimate of drug-likeness (QED) is 0.315. The van der Waals surface area contributed by atoms with Crippen LogP contribution in [0.4, 0.5) is 4.39 Å². The molecule has 2 aromatic heterocycles. The van der Waals surface area contributed by atoms with Gasteiger partial charge in [0.25, 0.3) is 5.91 Å². The smallest absolute Gasteiger partial charge is 0.255 e. The van der Waals surface area contributed by atoms with Gasteiger partial charge in [-0.3, -0.25) is 19.8 Å². The Kier molecular flexibility index (Phi) is 7.82. The van der Waals surface area contributed by atoms with Crippen LogP contribution in [0.3, 0.4) is 0 Å². The second-order valence-corrected chi connectivity index (χ2v) is 9.88. The molecule has 5 rings (SSSR count). The van der Waals surface area contributed by atoms with E-state index in [2.05, 4.69) is 25.4 Å². The first-order valence-corrected chi connectivity index (χ1v) is 13.1. The van der Waals surface area contributed by atoms with E-state index in [1.807, 2.05) is 42.5 Å². The van der Waals surface area contributed by atoms with Crippen LogP contribution in [0.1, 0.15) is 34.6 Å². The second-order valence-electron chi connectivity index (χ2n) is 8.76. The van der Waals surface area contributed by atoms with E-state index in [9.17, 15) is 9.18 Å². The molecule has 0 bridgehead atoms. The molecule has 0 radical (unpaired) electrons. The lowest BCUT2D eigenvalue weighted by Crippen LogP contribution is -2.25. The van der Waals surface area contributed by atoms with Crippen molar-refractivity contribution in [1.82, 2.24) is 25.4 Å². The number of pyridine rings is 1. The number of likely N-dealkylation sites (tertiary alicyclic amines) is 1. The van der Waals surface area contributed by atoms with Crippen LogP contribution in [0.2, 0.25) is 0 Å². The minimum absolute atomic E-state index is 0.0406. The van der Waals surface area contributed by atoms with Gasteiger partial charge in [-0.1, -0.05) is 17.8 Å². The molecule has 7 nitrogen and oxygen atoms in total. The number of aromatic nitrogens is 3. The number of ether oxygens (including phenoxy) is 1. The van der Waals surface area contributed by atoms with E-state index < -0.39 is 11.7 Å². The third-order valence-electron chi connectivity index (χ3n) is 6.27. The number of H-pyrrole nitrogens is 1. The number of benzene rings is 2. The number of carbonyl (C=O) groups excluding carboxylic acids is 1. The maximum atomic E-state index is 14.3. The van der Waals surface area contributed by atoms with E-state index in [1.165, 1.54) is 50.8 Å². The van der Waals surface area contributed by atoms with Crippen molar-refractivity contribution in [1.29, 1.82) is 0 Å². The number of nitrogens with zero attached hydrogens (tertiary/aromatic N) is 3. The van der Waals surface area contributed by atoms with E-state index in [-0.39, 0.29) is 5.56 Å². The maximum Gasteiger partial charge on any atom is 0.255 e. The van der Waals surface area contributed by atoms with Gasteiger partial charge in [-0.2, -0.15) is 5.10 Å². The van der Waals surface area contributed by atoms with Gasteiger partial charge in [0.1, 0.15) is 18.2 Å². The summed E-state index contributed by atoms with van der Waals surface area (Å²) < 4.78 is 20.1. The minimum Gasteiger partial charge on any atom is -0.491 e. The summed E-state index contributed by atoms with van der Waals surface area (Å²) in [7, 11) is 1.49. The van der Waals surface area contributed by atoms with Crippen LogP contribution >= 0.6 is 11.8 Å². The summed E-state index contributed by atoms with van der Waals surface area (Å²) in [5, 5.41) is 10.9. The lowest BCUT2D eigenvalue weighted by Gasteiger charge is -2.14. The van der Waals surface area contributed by atoms with Crippen molar-refractivity contribution >= 4 is 40.7 Å². The fraction of sp³-hybridized carbons (Fsp3) is 0.250. The van der Waals surface area contributed by atoms with Gasteiger partial charge < -0.3 is 10.1 Å². The average Bonchev–Trinajstić information content (AvgIpc) is 3.58. The maximum absolute atomic E-state index is 14.3. The molecule has 0 atom stereocenters. The van der Waals surface area contributed by atoms with E-state index in [0.717, 1.165) is 39.5 Å². The van der Waals surface area contributed by atoms with Gasteiger partial charge in [0.2, 0.25) is 0 Å².